The van der Waals surface area contributed by atoms with Gasteiger partial charge in [0.15, 0.2) is 0 Å². The smallest absolute Gasteiger partial charge is 0.416 e. The van der Waals surface area contributed by atoms with Crippen molar-refractivity contribution in [3.05, 3.63) is 29.3 Å². The number of amides is 1. The number of likely N-dealkylation sites (N-methyl/N-ethyl adjacent to an activating group) is 1. The molecule has 0 heterocycles. The fourth-order valence-electron chi connectivity index (χ4n) is 1.81. The normalized spacial score (nSPS) is 11.6. The zero-order chi connectivity index (χ0) is 17.0. The number of carbonyl (C=O) groups excluding carboxylic acids is 1. The molecule has 0 aliphatic carbocycles. The lowest BCUT2D eigenvalue weighted by Crippen LogP contribution is -2.32. The fraction of sp³-hybridized carbons (Fsp3) is 0.533. The molecule has 1 rings (SSSR count). The summed E-state index contributed by atoms with van der Waals surface area (Å²) in [5.74, 6) is -0.226. The zero-order valence-corrected chi connectivity index (χ0v) is 14.3. The lowest BCUT2D eigenvalue weighted by Gasteiger charge is -2.23. The van der Waals surface area contributed by atoms with Crippen molar-refractivity contribution in [2.75, 3.05) is 13.6 Å². The van der Waals surface area contributed by atoms with Crippen molar-refractivity contribution in [3.63, 3.8) is 0 Å². The number of benzene rings is 1. The quantitative estimate of drug-likeness (QED) is 0.854. The monoisotopic (exact) mass is 354 g/mol. The summed E-state index contributed by atoms with van der Waals surface area (Å²) in [5.41, 5.74) is -1.40. The third-order valence-electron chi connectivity index (χ3n) is 2.62. The molecule has 0 unspecified atom stereocenters. The van der Waals surface area contributed by atoms with E-state index in [-0.39, 0.29) is 42.7 Å². The first kappa shape index (κ1) is 21.5. The lowest BCUT2D eigenvalue weighted by molar-refractivity contribution is -0.138. The number of ether oxygens (including phenoxy) is 1. The van der Waals surface area contributed by atoms with Crippen molar-refractivity contribution >= 4 is 18.3 Å². The van der Waals surface area contributed by atoms with Gasteiger partial charge in [-0.15, -0.1) is 12.4 Å². The molecule has 23 heavy (non-hydrogen) atoms. The molecule has 0 aliphatic rings. The van der Waals surface area contributed by atoms with E-state index in [9.17, 15) is 18.0 Å². The minimum atomic E-state index is -4.51. The number of alkyl halides is 3. The topological polar surface area (TPSA) is 50.4 Å². The lowest BCUT2D eigenvalue weighted by atomic mass is 10.1. The molecule has 1 aromatic rings. The predicted molar refractivity (Wildman–Crippen MR) is 84.8 cm³/mol. The molecule has 0 fully saturated rings. The minimum absolute atomic E-state index is 0. The maximum absolute atomic E-state index is 13.2. The first-order valence-corrected chi connectivity index (χ1v) is 6.83. The second-order valence-electron chi connectivity index (χ2n) is 5.84. The Hall–Kier alpha value is -1.47. The minimum Gasteiger partial charge on any atom is -0.488 e. The van der Waals surface area contributed by atoms with E-state index in [0.29, 0.717) is 0 Å². The molecule has 0 aliphatic heterocycles. The van der Waals surface area contributed by atoms with E-state index < -0.39 is 17.3 Å². The van der Waals surface area contributed by atoms with Crippen molar-refractivity contribution < 1.29 is 22.7 Å². The van der Waals surface area contributed by atoms with Gasteiger partial charge in [-0.05, 0) is 45.5 Å². The number of hydrogen-bond acceptors (Lipinski definition) is 3. The highest BCUT2D eigenvalue weighted by Gasteiger charge is 2.34. The van der Waals surface area contributed by atoms with Gasteiger partial charge in [-0.25, -0.2) is 0 Å². The van der Waals surface area contributed by atoms with Crippen LogP contribution in [0.4, 0.5) is 13.2 Å². The van der Waals surface area contributed by atoms with Crippen LogP contribution in [0.2, 0.25) is 0 Å². The first-order valence-electron chi connectivity index (χ1n) is 6.83. The molecule has 0 aromatic heterocycles. The average Bonchev–Trinajstić information content (AvgIpc) is 2.34. The van der Waals surface area contributed by atoms with Gasteiger partial charge in [-0.1, -0.05) is 6.07 Å². The molecule has 1 amide bonds. The molecule has 0 radical (unpaired) electrons. The Labute approximate surface area is 140 Å². The zero-order valence-electron chi connectivity index (χ0n) is 13.5. The van der Waals surface area contributed by atoms with Crippen LogP contribution in [0.1, 0.15) is 31.9 Å². The van der Waals surface area contributed by atoms with Gasteiger partial charge in [-0.2, -0.15) is 13.2 Å². The highest BCUT2D eigenvalue weighted by atomic mass is 35.5. The van der Waals surface area contributed by atoms with Gasteiger partial charge in [0.2, 0.25) is 5.91 Å². The van der Waals surface area contributed by atoms with Crippen LogP contribution in [-0.4, -0.2) is 25.1 Å². The fourth-order valence-corrected chi connectivity index (χ4v) is 1.81. The number of halogens is 4. The van der Waals surface area contributed by atoms with E-state index in [1.54, 1.807) is 27.8 Å². The van der Waals surface area contributed by atoms with Crippen molar-refractivity contribution in [1.29, 1.82) is 0 Å². The van der Waals surface area contributed by atoms with Gasteiger partial charge >= 0.3 is 6.18 Å². The summed E-state index contributed by atoms with van der Waals surface area (Å²) < 4.78 is 44.9. The van der Waals surface area contributed by atoms with Crippen molar-refractivity contribution in [3.8, 4) is 5.75 Å². The van der Waals surface area contributed by atoms with E-state index in [2.05, 4.69) is 10.6 Å². The summed E-state index contributed by atoms with van der Waals surface area (Å²) in [6, 6.07) is 3.76. The first-order chi connectivity index (χ1) is 10.0. The van der Waals surface area contributed by atoms with Crippen LogP contribution in [0, 0.1) is 0 Å². The maximum atomic E-state index is 13.2. The van der Waals surface area contributed by atoms with Crippen LogP contribution in [0.5, 0.6) is 5.75 Å². The summed E-state index contributed by atoms with van der Waals surface area (Å²) in [4.78, 5) is 11.4. The van der Waals surface area contributed by atoms with E-state index in [1.165, 1.54) is 12.1 Å². The highest BCUT2D eigenvalue weighted by molar-refractivity contribution is 5.85. The van der Waals surface area contributed by atoms with Crippen LogP contribution >= 0.6 is 12.4 Å². The molecule has 8 heteroatoms. The van der Waals surface area contributed by atoms with Crippen molar-refractivity contribution in [1.82, 2.24) is 10.6 Å². The van der Waals surface area contributed by atoms with Crippen molar-refractivity contribution in [2.24, 2.45) is 0 Å². The molecule has 132 valence electrons. The van der Waals surface area contributed by atoms with E-state index in [4.69, 9.17) is 4.74 Å². The van der Waals surface area contributed by atoms with Crippen LogP contribution in [0.25, 0.3) is 0 Å². The van der Waals surface area contributed by atoms with Gasteiger partial charge < -0.3 is 15.4 Å². The van der Waals surface area contributed by atoms with Gasteiger partial charge in [0, 0.05) is 6.54 Å². The van der Waals surface area contributed by atoms with E-state index in [0.717, 1.165) is 6.07 Å². The van der Waals surface area contributed by atoms with E-state index in [1.807, 2.05) is 0 Å². The average molecular weight is 355 g/mol. The predicted octanol–water partition coefficient (Wildman–Crippen LogP) is 3.14. The third-order valence-corrected chi connectivity index (χ3v) is 2.62. The SMILES string of the molecule is CNCC(=O)NCc1ccc(OC(C)(C)C)cc1C(F)(F)F.Cl. The third kappa shape index (κ3) is 7.56. The number of hydrogen-bond donors (Lipinski definition) is 2. The Morgan fingerprint density at radius 3 is 2.30 bits per heavy atom. The summed E-state index contributed by atoms with van der Waals surface area (Å²) in [6.45, 7) is 5.13. The highest BCUT2D eigenvalue weighted by Crippen LogP contribution is 2.35. The molecule has 0 saturated heterocycles. The standard InChI is InChI=1S/C15H21F3N2O2.ClH/c1-14(2,3)22-11-6-5-10(8-20-13(21)9-19-4)12(7-11)15(16,17)18;/h5-7,19H,8-9H2,1-4H3,(H,20,21);1H. The number of rotatable bonds is 5. The second kappa shape index (κ2) is 8.40. The second-order valence-corrected chi connectivity index (χ2v) is 5.84. The molecule has 0 saturated carbocycles. The molecular formula is C15H22ClF3N2O2. The van der Waals surface area contributed by atoms with Gasteiger partial charge in [0.1, 0.15) is 11.4 Å². The Bertz CT molecular complexity index is 528. The van der Waals surface area contributed by atoms with Gasteiger partial charge in [0.05, 0.1) is 12.1 Å². The molecule has 4 nitrogen and oxygen atoms in total. The molecule has 0 bridgehead atoms. The summed E-state index contributed by atoms with van der Waals surface area (Å²) in [5, 5.41) is 5.07. The Balaban J connectivity index is 0.00000484. The summed E-state index contributed by atoms with van der Waals surface area (Å²) >= 11 is 0. The Morgan fingerprint density at radius 1 is 1.22 bits per heavy atom. The van der Waals surface area contributed by atoms with Crippen LogP contribution in [0.3, 0.4) is 0 Å². The summed E-state index contributed by atoms with van der Waals surface area (Å²) in [7, 11) is 1.58. The number of carbonyl (C=O) groups is 1. The van der Waals surface area contributed by atoms with Crippen molar-refractivity contribution in [2.45, 2.75) is 39.1 Å². The Morgan fingerprint density at radius 2 is 1.83 bits per heavy atom. The maximum Gasteiger partial charge on any atom is 0.416 e. The molecule has 1 aromatic carbocycles. The number of nitrogens with one attached hydrogen (secondary N) is 2. The molecular weight excluding hydrogens is 333 g/mol. The Kier molecular flexibility index (Phi) is 7.86. The van der Waals surface area contributed by atoms with Crippen LogP contribution in [-0.2, 0) is 17.5 Å². The largest absolute Gasteiger partial charge is 0.488 e. The van der Waals surface area contributed by atoms with E-state index >= 15 is 0 Å². The molecule has 0 spiro atoms. The van der Waals surface area contributed by atoms with Gasteiger partial charge in [0.25, 0.3) is 0 Å². The van der Waals surface area contributed by atoms with Crippen LogP contribution in [0.15, 0.2) is 18.2 Å². The molecule has 0 atom stereocenters. The molecule has 2 N–H and O–H groups in total. The summed E-state index contributed by atoms with van der Waals surface area (Å²) in [6.07, 6.45) is -4.51. The van der Waals surface area contributed by atoms with Gasteiger partial charge in [-0.3, -0.25) is 4.79 Å². The van der Waals surface area contributed by atoms with Crippen LogP contribution < -0.4 is 15.4 Å².